The van der Waals surface area contributed by atoms with Crippen LogP contribution in [0.3, 0.4) is 0 Å². The molecule has 0 aliphatic carbocycles. The number of halogens is 1. The van der Waals surface area contributed by atoms with Crippen LogP contribution < -0.4 is 10.6 Å². The van der Waals surface area contributed by atoms with E-state index in [0.717, 1.165) is 12.8 Å². The summed E-state index contributed by atoms with van der Waals surface area (Å²) < 4.78 is 13.8. The Morgan fingerprint density at radius 3 is 2.65 bits per heavy atom. The van der Waals surface area contributed by atoms with Crippen LogP contribution in [-0.4, -0.2) is 49.4 Å². The van der Waals surface area contributed by atoms with Gasteiger partial charge in [0.05, 0.1) is 5.56 Å². The van der Waals surface area contributed by atoms with Crippen LogP contribution in [0.2, 0.25) is 0 Å². The van der Waals surface area contributed by atoms with E-state index in [-0.39, 0.29) is 29.5 Å². The van der Waals surface area contributed by atoms with Gasteiger partial charge in [-0.3, -0.25) is 14.5 Å². The largest absolute Gasteiger partial charge is 0.359 e. The van der Waals surface area contributed by atoms with Crippen LogP contribution in [0.15, 0.2) is 18.2 Å². The van der Waals surface area contributed by atoms with Gasteiger partial charge in [-0.2, -0.15) is 0 Å². The normalized spacial score (nSPS) is 21.2. The maximum atomic E-state index is 13.8. The number of carbonyl (C=O) groups excluding carboxylic acids is 2. The number of aryl methyl sites for hydroxylation is 1. The molecule has 1 saturated heterocycles. The van der Waals surface area contributed by atoms with Crippen molar-refractivity contribution in [2.24, 2.45) is 0 Å². The van der Waals surface area contributed by atoms with E-state index < -0.39 is 5.82 Å². The van der Waals surface area contributed by atoms with Crippen molar-refractivity contribution in [3.05, 3.63) is 35.1 Å². The fourth-order valence-electron chi connectivity index (χ4n) is 3.12. The monoisotopic (exact) mass is 321 g/mol. The second-order valence-corrected chi connectivity index (χ2v) is 6.07. The Morgan fingerprint density at radius 2 is 2.00 bits per heavy atom. The Bertz CT molecular complexity index is 571. The second kappa shape index (κ2) is 7.55. The van der Waals surface area contributed by atoms with E-state index in [0.29, 0.717) is 18.5 Å². The first-order chi connectivity index (χ1) is 10.9. The lowest BCUT2D eigenvalue weighted by atomic mass is 10.1. The van der Waals surface area contributed by atoms with Crippen LogP contribution in [0, 0.1) is 12.7 Å². The van der Waals surface area contributed by atoms with Gasteiger partial charge in [0.25, 0.3) is 5.91 Å². The zero-order valence-corrected chi connectivity index (χ0v) is 13.9. The Labute approximate surface area is 136 Å². The molecular formula is C17H24FN3O2. The van der Waals surface area contributed by atoms with Gasteiger partial charge >= 0.3 is 0 Å². The Kier molecular flexibility index (Phi) is 5.71. The van der Waals surface area contributed by atoms with Crippen molar-refractivity contribution in [2.75, 3.05) is 20.6 Å². The van der Waals surface area contributed by atoms with Gasteiger partial charge in [-0.15, -0.1) is 0 Å². The van der Waals surface area contributed by atoms with Crippen molar-refractivity contribution < 1.29 is 14.0 Å². The molecule has 1 aromatic rings. The van der Waals surface area contributed by atoms with Gasteiger partial charge in [-0.25, -0.2) is 4.39 Å². The first-order valence-electron chi connectivity index (χ1n) is 7.89. The molecule has 126 valence electrons. The molecule has 2 atom stereocenters. The van der Waals surface area contributed by atoms with Crippen LogP contribution in [0.5, 0.6) is 0 Å². The van der Waals surface area contributed by atoms with E-state index in [1.165, 1.54) is 6.07 Å². The molecule has 0 unspecified atom stereocenters. The Balaban J connectivity index is 1.91. The minimum absolute atomic E-state index is 0.0218. The third-order valence-electron chi connectivity index (χ3n) is 4.63. The molecule has 0 radical (unpaired) electrons. The quantitative estimate of drug-likeness (QED) is 0.863. The van der Waals surface area contributed by atoms with Crippen LogP contribution >= 0.6 is 0 Å². The molecule has 1 fully saturated rings. The molecular weight excluding hydrogens is 297 g/mol. The van der Waals surface area contributed by atoms with Gasteiger partial charge in [-0.05, 0) is 38.4 Å². The van der Waals surface area contributed by atoms with Crippen LogP contribution in [0.4, 0.5) is 4.39 Å². The SMILES string of the molecule is CNC(=O)C[C@H]1CC[C@@H](CNC(=O)c2c(C)cccc2F)N1C. The lowest BCUT2D eigenvalue weighted by Gasteiger charge is -2.25. The number of amides is 2. The molecule has 0 saturated carbocycles. The predicted molar refractivity (Wildman–Crippen MR) is 86.7 cm³/mol. The molecule has 0 spiro atoms. The number of benzene rings is 1. The summed E-state index contributed by atoms with van der Waals surface area (Å²) in [4.78, 5) is 25.8. The summed E-state index contributed by atoms with van der Waals surface area (Å²) in [5.74, 6) is -0.864. The fourth-order valence-corrected chi connectivity index (χ4v) is 3.12. The molecule has 0 aromatic heterocycles. The van der Waals surface area contributed by atoms with Crippen molar-refractivity contribution in [3.63, 3.8) is 0 Å². The van der Waals surface area contributed by atoms with Crippen molar-refractivity contribution in [1.82, 2.24) is 15.5 Å². The maximum absolute atomic E-state index is 13.8. The smallest absolute Gasteiger partial charge is 0.254 e. The summed E-state index contributed by atoms with van der Waals surface area (Å²) in [6.45, 7) is 2.17. The number of nitrogens with zero attached hydrogens (tertiary/aromatic N) is 1. The topological polar surface area (TPSA) is 61.4 Å². The fraction of sp³-hybridized carbons (Fsp3) is 0.529. The van der Waals surface area contributed by atoms with Crippen molar-refractivity contribution in [2.45, 2.75) is 38.3 Å². The number of carbonyl (C=O) groups is 2. The summed E-state index contributed by atoms with van der Waals surface area (Å²) >= 11 is 0. The van der Waals surface area contributed by atoms with E-state index in [4.69, 9.17) is 0 Å². The molecule has 1 aliphatic rings. The highest BCUT2D eigenvalue weighted by molar-refractivity contribution is 5.95. The van der Waals surface area contributed by atoms with E-state index in [9.17, 15) is 14.0 Å². The lowest BCUT2D eigenvalue weighted by molar-refractivity contribution is -0.121. The van der Waals surface area contributed by atoms with Crippen LogP contribution in [-0.2, 0) is 4.79 Å². The highest BCUT2D eigenvalue weighted by atomic mass is 19.1. The zero-order valence-electron chi connectivity index (χ0n) is 13.9. The summed E-state index contributed by atoms with van der Waals surface area (Å²) in [5, 5.41) is 5.45. The number of likely N-dealkylation sites (tertiary alicyclic amines) is 1. The summed E-state index contributed by atoms with van der Waals surface area (Å²) in [6.07, 6.45) is 2.29. The molecule has 2 amide bonds. The van der Waals surface area contributed by atoms with E-state index >= 15 is 0 Å². The van der Waals surface area contributed by atoms with E-state index in [2.05, 4.69) is 15.5 Å². The molecule has 6 heteroatoms. The Hall–Kier alpha value is -1.95. The first-order valence-corrected chi connectivity index (χ1v) is 7.89. The lowest BCUT2D eigenvalue weighted by Crippen LogP contribution is -2.42. The standard InChI is InChI=1S/C17H24FN3O2/c1-11-5-4-6-14(18)16(11)17(23)20-10-13-8-7-12(21(13)3)9-15(22)19-2/h4-6,12-13H,7-10H2,1-3H3,(H,19,22)(H,20,23)/t12-,13+/m1/s1. The van der Waals surface area contributed by atoms with Gasteiger partial charge in [0.2, 0.25) is 5.91 Å². The summed E-state index contributed by atoms with van der Waals surface area (Å²) in [6, 6.07) is 4.96. The number of hydrogen-bond donors (Lipinski definition) is 2. The van der Waals surface area contributed by atoms with E-state index in [1.807, 2.05) is 7.05 Å². The third kappa shape index (κ3) is 4.07. The van der Waals surface area contributed by atoms with Gasteiger partial charge in [-0.1, -0.05) is 12.1 Å². The third-order valence-corrected chi connectivity index (χ3v) is 4.63. The number of likely N-dealkylation sites (N-methyl/N-ethyl adjacent to an activating group) is 1. The van der Waals surface area contributed by atoms with Gasteiger partial charge in [0.15, 0.2) is 0 Å². The highest BCUT2D eigenvalue weighted by Gasteiger charge is 2.31. The van der Waals surface area contributed by atoms with Gasteiger partial charge in [0.1, 0.15) is 5.82 Å². The van der Waals surface area contributed by atoms with Crippen molar-refractivity contribution in [3.8, 4) is 0 Å². The van der Waals surface area contributed by atoms with Crippen molar-refractivity contribution >= 4 is 11.8 Å². The average Bonchev–Trinajstić information content (AvgIpc) is 2.85. The molecule has 1 aliphatic heterocycles. The second-order valence-electron chi connectivity index (χ2n) is 6.07. The van der Waals surface area contributed by atoms with E-state index in [1.54, 1.807) is 26.1 Å². The summed E-state index contributed by atoms with van der Waals surface area (Å²) in [5.41, 5.74) is 0.731. The Morgan fingerprint density at radius 1 is 1.30 bits per heavy atom. The highest BCUT2D eigenvalue weighted by Crippen LogP contribution is 2.24. The zero-order chi connectivity index (χ0) is 17.0. The average molecular weight is 321 g/mol. The number of nitrogens with one attached hydrogen (secondary N) is 2. The van der Waals surface area contributed by atoms with Crippen molar-refractivity contribution in [1.29, 1.82) is 0 Å². The molecule has 2 N–H and O–H groups in total. The minimum Gasteiger partial charge on any atom is -0.359 e. The molecule has 0 bridgehead atoms. The predicted octanol–water partition coefficient (Wildman–Crippen LogP) is 1.46. The number of rotatable bonds is 5. The molecule has 2 rings (SSSR count). The first kappa shape index (κ1) is 17.4. The van der Waals surface area contributed by atoms with Gasteiger partial charge in [0, 0.05) is 32.1 Å². The van der Waals surface area contributed by atoms with Gasteiger partial charge < -0.3 is 10.6 Å². The van der Waals surface area contributed by atoms with Crippen LogP contribution in [0.25, 0.3) is 0 Å². The molecule has 5 nitrogen and oxygen atoms in total. The minimum atomic E-state index is -0.500. The molecule has 1 heterocycles. The number of hydrogen-bond acceptors (Lipinski definition) is 3. The van der Waals surface area contributed by atoms with Crippen LogP contribution in [0.1, 0.15) is 35.2 Å². The molecule has 23 heavy (non-hydrogen) atoms. The summed E-state index contributed by atoms with van der Waals surface area (Å²) in [7, 11) is 3.59. The maximum Gasteiger partial charge on any atom is 0.254 e. The molecule has 1 aromatic carbocycles.